The third kappa shape index (κ3) is 4.16. The number of piperazine rings is 1. The second-order valence-corrected chi connectivity index (χ2v) is 7.21. The molecule has 160 valence electrons. The van der Waals surface area contributed by atoms with Crippen molar-refractivity contribution >= 4 is 22.7 Å². The number of aliphatic hydroxyl groups is 1. The number of benzene rings is 1. The number of carbonyl (C=O) groups is 1. The Hall–Kier alpha value is -2.95. The molecule has 3 unspecified atom stereocenters. The van der Waals surface area contributed by atoms with Crippen LogP contribution in [0.3, 0.4) is 0 Å². The van der Waals surface area contributed by atoms with Crippen molar-refractivity contribution in [2.24, 2.45) is 0 Å². The van der Waals surface area contributed by atoms with E-state index in [1.54, 1.807) is 29.2 Å². The zero-order valence-electron chi connectivity index (χ0n) is 16.4. The number of alkyl halides is 1. The molecule has 0 radical (unpaired) electrons. The topological polar surface area (TPSA) is 111 Å². The minimum absolute atomic E-state index is 0.319. The van der Waals surface area contributed by atoms with Crippen LogP contribution in [-0.2, 0) is 9.53 Å². The second-order valence-electron chi connectivity index (χ2n) is 7.21. The molecule has 2 heterocycles. The highest BCUT2D eigenvalue weighted by atomic mass is 19.1. The lowest BCUT2D eigenvalue weighted by Crippen LogP contribution is -2.53. The Balaban J connectivity index is 1.34. The molecular formula is C20H23FN4O5. The Labute approximate surface area is 171 Å². The molecule has 1 fully saturated rings. The third-order valence-electron chi connectivity index (χ3n) is 5.32. The predicted molar refractivity (Wildman–Crippen MR) is 108 cm³/mol. The van der Waals surface area contributed by atoms with Crippen LogP contribution in [0.15, 0.2) is 51.3 Å². The van der Waals surface area contributed by atoms with Crippen molar-refractivity contribution in [1.82, 2.24) is 14.8 Å². The first-order valence-electron chi connectivity index (χ1n) is 9.62. The van der Waals surface area contributed by atoms with Crippen LogP contribution in [0.25, 0.3) is 11.1 Å². The van der Waals surface area contributed by atoms with Gasteiger partial charge in [-0.1, -0.05) is 0 Å². The zero-order valence-corrected chi connectivity index (χ0v) is 16.4. The van der Waals surface area contributed by atoms with E-state index in [0.717, 1.165) is 5.70 Å². The van der Waals surface area contributed by atoms with E-state index < -0.39 is 30.2 Å². The number of H-pyrrole nitrogens is 1. The van der Waals surface area contributed by atoms with E-state index in [-0.39, 0.29) is 0 Å². The summed E-state index contributed by atoms with van der Waals surface area (Å²) in [5, 5.41) is 13.1. The molecule has 1 aliphatic carbocycles. The largest absolute Gasteiger partial charge is 0.417 e. The number of hydrogen-bond acceptors (Lipinski definition) is 7. The number of hydrogen-bond donors (Lipinski definition) is 3. The molecule has 3 atom stereocenters. The van der Waals surface area contributed by atoms with Crippen LogP contribution in [-0.4, -0.2) is 77.6 Å². The van der Waals surface area contributed by atoms with Crippen LogP contribution >= 0.6 is 0 Å². The number of allylic oxidation sites excluding steroid dienone is 1. The number of oxazole rings is 1. The number of anilines is 1. The van der Waals surface area contributed by atoms with Crippen LogP contribution in [0.1, 0.15) is 0 Å². The molecule has 10 heteroatoms. The molecule has 0 bridgehead atoms. The van der Waals surface area contributed by atoms with Crippen LogP contribution in [0.4, 0.5) is 10.1 Å². The van der Waals surface area contributed by atoms with E-state index in [0.29, 0.717) is 43.0 Å². The number of aromatic nitrogens is 1. The van der Waals surface area contributed by atoms with Crippen molar-refractivity contribution in [3.8, 4) is 0 Å². The lowest BCUT2D eigenvalue weighted by atomic mass is 10.1. The molecule has 1 aromatic heterocycles. The SMILES string of the molecule is COC1C=C(N2CCN(C(O)C(=O)Nc3ccc4[nH]c(=O)oc4c3)CC2)C=CC1F. The Morgan fingerprint density at radius 1 is 1.37 bits per heavy atom. The molecule has 2 aliphatic rings. The molecule has 0 spiro atoms. The van der Waals surface area contributed by atoms with Crippen molar-refractivity contribution in [2.75, 3.05) is 38.6 Å². The average Bonchev–Trinajstić information content (AvgIpc) is 3.13. The molecule has 4 rings (SSSR count). The molecule has 0 saturated carbocycles. The van der Waals surface area contributed by atoms with E-state index >= 15 is 0 Å². The van der Waals surface area contributed by atoms with Crippen LogP contribution in [0.5, 0.6) is 0 Å². The first kappa shape index (κ1) is 20.3. The van der Waals surface area contributed by atoms with Gasteiger partial charge in [0.1, 0.15) is 12.3 Å². The summed E-state index contributed by atoms with van der Waals surface area (Å²) in [4.78, 5) is 29.9. The summed E-state index contributed by atoms with van der Waals surface area (Å²) in [6.07, 6.45) is 1.86. The highest BCUT2D eigenvalue weighted by Gasteiger charge is 2.29. The molecule has 9 nitrogen and oxygen atoms in total. The smallest absolute Gasteiger partial charge is 0.408 e. The number of fused-ring (bicyclic) bond motifs is 1. The monoisotopic (exact) mass is 418 g/mol. The zero-order chi connectivity index (χ0) is 21.3. The lowest BCUT2D eigenvalue weighted by Gasteiger charge is -2.39. The first-order valence-corrected chi connectivity index (χ1v) is 9.62. The quantitative estimate of drug-likeness (QED) is 0.659. The van der Waals surface area contributed by atoms with Gasteiger partial charge >= 0.3 is 5.76 Å². The fraction of sp³-hybridized carbons (Fsp3) is 0.400. The van der Waals surface area contributed by atoms with Crippen molar-refractivity contribution in [3.63, 3.8) is 0 Å². The summed E-state index contributed by atoms with van der Waals surface area (Å²) in [6.45, 7) is 2.08. The molecule has 1 aromatic carbocycles. The van der Waals surface area contributed by atoms with Crippen molar-refractivity contribution < 1.29 is 23.4 Å². The average molecular weight is 418 g/mol. The van der Waals surface area contributed by atoms with Gasteiger partial charge in [-0.2, -0.15) is 0 Å². The highest BCUT2D eigenvalue weighted by Crippen LogP contribution is 2.21. The number of nitrogens with one attached hydrogen (secondary N) is 2. The number of aromatic amines is 1. The fourth-order valence-electron chi connectivity index (χ4n) is 3.65. The van der Waals surface area contributed by atoms with Gasteiger partial charge in [0.25, 0.3) is 5.91 Å². The lowest BCUT2D eigenvalue weighted by molar-refractivity contribution is -0.135. The Morgan fingerprint density at radius 2 is 2.13 bits per heavy atom. The van der Waals surface area contributed by atoms with Crippen molar-refractivity contribution in [1.29, 1.82) is 0 Å². The number of aliphatic hydroxyl groups excluding tert-OH is 1. The van der Waals surface area contributed by atoms with Crippen molar-refractivity contribution in [2.45, 2.75) is 18.5 Å². The maximum Gasteiger partial charge on any atom is 0.417 e. The van der Waals surface area contributed by atoms with Crippen LogP contribution in [0, 0.1) is 0 Å². The fourth-order valence-corrected chi connectivity index (χ4v) is 3.65. The number of carbonyl (C=O) groups excluding carboxylic acids is 1. The molecule has 1 aliphatic heterocycles. The van der Waals surface area contributed by atoms with Crippen molar-refractivity contribution in [3.05, 3.63) is 52.7 Å². The van der Waals surface area contributed by atoms with Gasteiger partial charge in [-0.25, -0.2) is 9.18 Å². The standard InChI is InChI=1S/C20H23FN4O5/c1-29-16-11-13(3-4-14(16)21)24-6-8-25(9-7-24)19(27)18(26)22-12-2-5-15-17(10-12)30-20(28)23-15/h2-5,10-11,14,16,19,27H,6-9H2,1H3,(H,22,26)(H,23,28). The number of nitrogens with zero attached hydrogens (tertiary/aromatic N) is 2. The normalized spacial score (nSPS) is 23.4. The van der Waals surface area contributed by atoms with Gasteiger partial charge in [-0.15, -0.1) is 0 Å². The molecule has 3 N–H and O–H groups in total. The van der Waals surface area contributed by atoms with E-state index in [4.69, 9.17) is 9.15 Å². The van der Waals surface area contributed by atoms with Gasteiger partial charge in [0.05, 0.1) is 5.52 Å². The minimum atomic E-state index is -1.32. The number of methoxy groups -OCH3 is 1. The molecule has 30 heavy (non-hydrogen) atoms. The number of amides is 1. The molecular weight excluding hydrogens is 395 g/mol. The van der Waals surface area contributed by atoms with Crippen LogP contribution in [0.2, 0.25) is 0 Å². The number of ether oxygens (including phenoxy) is 1. The van der Waals surface area contributed by atoms with Gasteiger partial charge < -0.3 is 24.5 Å². The van der Waals surface area contributed by atoms with Crippen LogP contribution < -0.4 is 11.1 Å². The first-order chi connectivity index (χ1) is 14.4. The maximum atomic E-state index is 13.7. The van der Waals surface area contributed by atoms with Gasteiger partial charge in [0, 0.05) is 50.7 Å². The van der Waals surface area contributed by atoms with E-state index in [9.17, 15) is 19.1 Å². The summed E-state index contributed by atoms with van der Waals surface area (Å²) in [5.41, 5.74) is 2.13. The van der Waals surface area contributed by atoms with E-state index in [2.05, 4.69) is 15.2 Å². The number of rotatable bonds is 5. The van der Waals surface area contributed by atoms with E-state index in [1.165, 1.54) is 19.3 Å². The molecule has 2 aromatic rings. The summed E-state index contributed by atoms with van der Waals surface area (Å²) in [7, 11) is 1.47. The molecule has 1 saturated heterocycles. The Bertz CT molecular complexity index is 1040. The van der Waals surface area contributed by atoms with Gasteiger partial charge in [0.2, 0.25) is 0 Å². The van der Waals surface area contributed by atoms with E-state index in [1.807, 2.05) is 0 Å². The Morgan fingerprint density at radius 3 is 2.87 bits per heavy atom. The van der Waals surface area contributed by atoms with Gasteiger partial charge in [-0.3, -0.25) is 14.7 Å². The van der Waals surface area contributed by atoms with Gasteiger partial charge in [-0.05, 0) is 30.4 Å². The predicted octanol–water partition coefficient (Wildman–Crippen LogP) is 0.802. The van der Waals surface area contributed by atoms with Gasteiger partial charge in [0.15, 0.2) is 11.8 Å². The summed E-state index contributed by atoms with van der Waals surface area (Å²) in [6, 6.07) is 4.74. The summed E-state index contributed by atoms with van der Waals surface area (Å²) < 4.78 is 23.8. The molecule has 1 amide bonds. The second kappa shape index (κ2) is 8.42. The summed E-state index contributed by atoms with van der Waals surface area (Å²) in [5.74, 6) is -1.15. The highest BCUT2D eigenvalue weighted by molar-refractivity contribution is 5.95. The maximum absolute atomic E-state index is 13.7. The third-order valence-corrected chi connectivity index (χ3v) is 5.32. The Kier molecular flexibility index (Phi) is 5.71. The number of halogens is 1. The summed E-state index contributed by atoms with van der Waals surface area (Å²) >= 11 is 0. The minimum Gasteiger partial charge on any atom is -0.408 e.